The third-order valence-corrected chi connectivity index (χ3v) is 5.14. The van der Waals surface area contributed by atoms with Crippen LogP contribution in [0.25, 0.3) is 11.1 Å². The summed E-state index contributed by atoms with van der Waals surface area (Å²) >= 11 is 0. The van der Waals surface area contributed by atoms with E-state index in [1.807, 2.05) is 32.0 Å². The maximum absolute atomic E-state index is 11.8. The van der Waals surface area contributed by atoms with E-state index in [-0.39, 0.29) is 12.0 Å². The third-order valence-electron chi connectivity index (χ3n) is 5.14. The second-order valence-electron chi connectivity index (χ2n) is 7.56. The molecular weight excluding hydrogens is 348 g/mol. The average molecular weight is 381 g/mol. The van der Waals surface area contributed by atoms with Crippen LogP contribution in [0.2, 0.25) is 0 Å². The average Bonchev–Trinajstić information content (AvgIpc) is 2.90. The molecule has 150 valence electrons. The van der Waals surface area contributed by atoms with E-state index in [0.29, 0.717) is 11.3 Å². The Hall–Kier alpha value is -2.39. The SMILES string of the molecule is C=C(C)C(=O)Oc1ccc2c(c1)C(C)(C)c1cc(CCCCO)ccc1-2.CC. The van der Waals surface area contributed by atoms with Crippen LogP contribution < -0.4 is 4.74 Å². The first-order chi connectivity index (χ1) is 13.3. The van der Waals surface area contributed by atoms with Gasteiger partial charge in [-0.25, -0.2) is 4.79 Å². The van der Waals surface area contributed by atoms with Crippen molar-refractivity contribution in [3.05, 3.63) is 65.2 Å². The van der Waals surface area contributed by atoms with E-state index >= 15 is 0 Å². The third kappa shape index (κ3) is 4.36. The summed E-state index contributed by atoms with van der Waals surface area (Å²) in [5, 5.41) is 8.98. The van der Waals surface area contributed by atoms with E-state index in [9.17, 15) is 4.79 Å². The molecule has 1 N–H and O–H groups in total. The van der Waals surface area contributed by atoms with E-state index in [0.717, 1.165) is 19.3 Å². The molecule has 1 aliphatic rings. The van der Waals surface area contributed by atoms with Gasteiger partial charge in [0.05, 0.1) is 0 Å². The number of carbonyl (C=O) groups is 1. The second kappa shape index (κ2) is 9.20. The quantitative estimate of drug-likeness (QED) is 0.297. The Morgan fingerprint density at radius 1 is 1.04 bits per heavy atom. The number of fused-ring (bicyclic) bond motifs is 3. The molecular formula is C25H32O3. The van der Waals surface area contributed by atoms with E-state index < -0.39 is 5.97 Å². The van der Waals surface area contributed by atoms with Gasteiger partial charge in [-0.05, 0) is 66.1 Å². The molecule has 0 radical (unpaired) electrons. The Morgan fingerprint density at radius 2 is 1.64 bits per heavy atom. The predicted molar refractivity (Wildman–Crippen MR) is 116 cm³/mol. The topological polar surface area (TPSA) is 46.5 Å². The summed E-state index contributed by atoms with van der Waals surface area (Å²) in [6.07, 6.45) is 2.80. The molecule has 0 unspecified atom stereocenters. The van der Waals surface area contributed by atoms with Gasteiger partial charge in [-0.1, -0.05) is 58.5 Å². The van der Waals surface area contributed by atoms with Crippen molar-refractivity contribution in [2.24, 2.45) is 0 Å². The smallest absolute Gasteiger partial charge is 0.338 e. The Morgan fingerprint density at radius 3 is 2.25 bits per heavy atom. The van der Waals surface area contributed by atoms with E-state index in [2.05, 4.69) is 38.6 Å². The molecule has 0 saturated carbocycles. The highest BCUT2D eigenvalue weighted by Crippen LogP contribution is 2.49. The van der Waals surface area contributed by atoms with Gasteiger partial charge >= 0.3 is 5.97 Å². The molecule has 28 heavy (non-hydrogen) atoms. The van der Waals surface area contributed by atoms with Crippen LogP contribution in [-0.2, 0) is 16.6 Å². The van der Waals surface area contributed by atoms with E-state index in [1.165, 1.54) is 27.8 Å². The lowest BCUT2D eigenvalue weighted by Gasteiger charge is -2.22. The monoisotopic (exact) mass is 380 g/mol. The van der Waals surface area contributed by atoms with Gasteiger partial charge in [0.1, 0.15) is 5.75 Å². The number of carbonyl (C=O) groups excluding carboxylic acids is 1. The molecule has 0 fully saturated rings. The molecule has 0 heterocycles. The minimum absolute atomic E-state index is 0.150. The lowest BCUT2D eigenvalue weighted by atomic mass is 9.81. The van der Waals surface area contributed by atoms with Crippen LogP contribution in [0.5, 0.6) is 5.75 Å². The fraction of sp³-hybridized carbons (Fsp3) is 0.400. The molecule has 3 rings (SSSR count). The van der Waals surface area contributed by atoms with Gasteiger partial charge in [-0.15, -0.1) is 0 Å². The van der Waals surface area contributed by atoms with Gasteiger partial charge in [-0.3, -0.25) is 0 Å². The molecule has 0 aromatic heterocycles. The van der Waals surface area contributed by atoms with Crippen molar-refractivity contribution in [2.75, 3.05) is 6.61 Å². The number of benzene rings is 2. The highest BCUT2D eigenvalue weighted by Gasteiger charge is 2.35. The summed E-state index contributed by atoms with van der Waals surface area (Å²) in [5.41, 5.74) is 6.45. The molecule has 3 nitrogen and oxygen atoms in total. The van der Waals surface area contributed by atoms with Gasteiger partial charge in [0, 0.05) is 17.6 Å². The molecule has 0 atom stereocenters. The van der Waals surface area contributed by atoms with Crippen LogP contribution >= 0.6 is 0 Å². The lowest BCUT2D eigenvalue weighted by molar-refractivity contribution is -0.130. The normalized spacial score (nSPS) is 13.1. The Kier molecular flexibility index (Phi) is 7.20. The summed E-state index contributed by atoms with van der Waals surface area (Å²) in [6.45, 7) is 13.9. The highest BCUT2D eigenvalue weighted by atomic mass is 16.5. The summed E-state index contributed by atoms with van der Waals surface area (Å²) in [4.78, 5) is 11.8. The zero-order chi connectivity index (χ0) is 20.9. The fourth-order valence-corrected chi connectivity index (χ4v) is 3.62. The number of aliphatic hydroxyl groups is 1. The van der Waals surface area contributed by atoms with Crippen molar-refractivity contribution < 1.29 is 14.6 Å². The van der Waals surface area contributed by atoms with Crippen molar-refractivity contribution in [3.63, 3.8) is 0 Å². The summed E-state index contributed by atoms with van der Waals surface area (Å²) in [5.74, 6) is 0.158. The minimum Gasteiger partial charge on any atom is -0.423 e. The van der Waals surface area contributed by atoms with Crippen LogP contribution in [-0.4, -0.2) is 17.7 Å². The molecule has 3 heteroatoms. The zero-order valence-corrected chi connectivity index (χ0v) is 17.8. The molecule has 2 aromatic rings. The van der Waals surface area contributed by atoms with Gasteiger partial charge in [-0.2, -0.15) is 0 Å². The van der Waals surface area contributed by atoms with Gasteiger partial charge in [0.2, 0.25) is 0 Å². The maximum Gasteiger partial charge on any atom is 0.338 e. The van der Waals surface area contributed by atoms with Gasteiger partial charge in [0.15, 0.2) is 0 Å². The first-order valence-corrected chi connectivity index (χ1v) is 10.1. The Balaban J connectivity index is 0.00000136. The minimum atomic E-state index is -0.399. The van der Waals surface area contributed by atoms with Gasteiger partial charge in [0.25, 0.3) is 0 Å². The number of aliphatic hydroxyl groups excluding tert-OH is 1. The maximum atomic E-state index is 11.8. The van der Waals surface area contributed by atoms with Crippen molar-refractivity contribution >= 4 is 5.97 Å². The van der Waals surface area contributed by atoms with Crippen molar-refractivity contribution in [3.8, 4) is 16.9 Å². The van der Waals surface area contributed by atoms with Crippen LogP contribution in [0.1, 0.15) is 64.2 Å². The zero-order valence-electron chi connectivity index (χ0n) is 17.8. The van der Waals surface area contributed by atoms with Gasteiger partial charge < -0.3 is 9.84 Å². The van der Waals surface area contributed by atoms with E-state index in [1.54, 1.807) is 6.92 Å². The lowest BCUT2D eigenvalue weighted by Crippen LogP contribution is -2.16. The molecule has 0 spiro atoms. The summed E-state index contributed by atoms with van der Waals surface area (Å²) < 4.78 is 5.42. The van der Waals surface area contributed by atoms with E-state index in [4.69, 9.17) is 9.84 Å². The number of hydrogen-bond donors (Lipinski definition) is 1. The van der Waals surface area contributed by atoms with Crippen LogP contribution in [0, 0.1) is 0 Å². The largest absolute Gasteiger partial charge is 0.423 e. The standard InChI is InChI=1S/C23H26O3.C2H6/c1-15(2)22(25)26-17-9-11-19-18-10-8-16(7-5-6-12-24)13-20(18)23(3,4)21(19)14-17;1-2/h8-11,13-14,24H,1,5-7,12H2,2-4H3;1-2H3. The first kappa shape index (κ1) is 21.9. The summed E-state index contributed by atoms with van der Waals surface area (Å²) in [6, 6.07) is 12.5. The molecule has 0 aliphatic heterocycles. The first-order valence-electron chi connectivity index (χ1n) is 10.1. The number of unbranched alkanes of at least 4 members (excludes halogenated alkanes) is 1. The Labute approximate surface area is 169 Å². The number of rotatable bonds is 6. The number of hydrogen-bond acceptors (Lipinski definition) is 3. The molecule has 1 aliphatic carbocycles. The molecule has 2 aromatic carbocycles. The van der Waals surface area contributed by atoms with Crippen molar-refractivity contribution in [2.45, 2.75) is 59.3 Å². The Bertz CT molecular complexity index is 862. The molecule has 0 saturated heterocycles. The predicted octanol–water partition coefficient (Wildman–Crippen LogP) is 5.82. The molecule has 0 amide bonds. The van der Waals surface area contributed by atoms with Crippen LogP contribution in [0.3, 0.4) is 0 Å². The van der Waals surface area contributed by atoms with Crippen molar-refractivity contribution in [1.29, 1.82) is 0 Å². The fourth-order valence-electron chi connectivity index (χ4n) is 3.62. The van der Waals surface area contributed by atoms with Crippen LogP contribution in [0.4, 0.5) is 0 Å². The van der Waals surface area contributed by atoms with Crippen molar-refractivity contribution in [1.82, 2.24) is 0 Å². The molecule has 0 bridgehead atoms. The highest BCUT2D eigenvalue weighted by molar-refractivity contribution is 5.89. The van der Waals surface area contributed by atoms with Crippen LogP contribution in [0.15, 0.2) is 48.6 Å². The summed E-state index contributed by atoms with van der Waals surface area (Å²) in [7, 11) is 0. The number of esters is 1. The number of aryl methyl sites for hydroxylation is 1. The second-order valence-corrected chi connectivity index (χ2v) is 7.56. The number of ether oxygens (including phenoxy) is 1.